The van der Waals surface area contributed by atoms with Gasteiger partial charge in [-0.1, -0.05) is 5.16 Å². The second-order valence-corrected chi connectivity index (χ2v) is 6.12. The number of anilines is 1. The Hall–Kier alpha value is -2.68. The topological polar surface area (TPSA) is 103 Å². The molecule has 3 rings (SSSR count). The van der Waals surface area contributed by atoms with E-state index in [1.54, 1.807) is 38.4 Å². The van der Waals surface area contributed by atoms with Gasteiger partial charge in [0.2, 0.25) is 0 Å². The van der Waals surface area contributed by atoms with Crippen molar-refractivity contribution in [2.75, 3.05) is 32.6 Å². The Kier molecular flexibility index (Phi) is 5.67. The molecular weight excluding hydrogens is 338 g/mol. The molecule has 9 nitrogen and oxygen atoms in total. The maximum absolute atomic E-state index is 12.8. The van der Waals surface area contributed by atoms with E-state index in [2.05, 4.69) is 20.4 Å². The van der Waals surface area contributed by atoms with Crippen LogP contribution >= 0.6 is 0 Å². The molecule has 140 valence electrons. The fourth-order valence-corrected chi connectivity index (χ4v) is 3.02. The van der Waals surface area contributed by atoms with Crippen LogP contribution in [-0.4, -0.2) is 59.3 Å². The predicted octanol–water partition coefficient (Wildman–Crippen LogP) is 1.64. The monoisotopic (exact) mass is 361 g/mol. The summed E-state index contributed by atoms with van der Waals surface area (Å²) in [5, 5.41) is 7.27. The zero-order valence-electron chi connectivity index (χ0n) is 15.2. The molecule has 2 aromatic rings. The van der Waals surface area contributed by atoms with E-state index in [0.29, 0.717) is 48.4 Å². The van der Waals surface area contributed by atoms with Crippen molar-refractivity contribution in [1.82, 2.24) is 20.0 Å². The smallest absolute Gasteiger partial charge is 0.276 e. The summed E-state index contributed by atoms with van der Waals surface area (Å²) in [5.41, 5.74) is 1.05. The molecule has 9 heteroatoms. The molecule has 1 aliphatic rings. The molecule has 0 radical (unpaired) electrons. The summed E-state index contributed by atoms with van der Waals surface area (Å²) < 4.78 is 15.5. The number of likely N-dealkylation sites (tertiary alicyclic amines) is 1. The van der Waals surface area contributed by atoms with Crippen molar-refractivity contribution >= 4 is 11.7 Å². The van der Waals surface area contributed by atoms with Gasteiger partial charge >= 0.3 is 0 Å². The molecule has 1 amide bonds. The number of rotatable bonds is 6. The molecule has 0 saturated carbocycles. The molecule has 0 spiro atoms. The van der Waals surface area contributed by atoms with Crippen LogP contribution in [0.2, 0.25) is 0 Å². The van der Waals surface area contributed by atoms with Gasteiger partial charge in [-0.05, 0) is 19.8 Å². The molecule has 0 bridgehead atoms. The van der Waals surface area contributed by atoms with Gasteiger partial charge in [-0.15, -0.1) is 0 Å². The molecule has 0 aliphatic carbocycles. The van der Waals surface area contributed by atoms with Gasteiger partial charge in [-0.2, -0.15) is 0 Å². The number of aryl methyl sites for hydroxylation is 1. The van der Waals surface area contributed by atoms with Crippen LogP contribution in [0.4, 0.5) is 5.82 Å². The first kappa shape index (κ1) is 18.1. The summed E-state index contributed by atoms with van der Waals surface area (Å²) in [6, 6.07) is 0.196. The van der Waals surface area contributed by atoms with E-state index in [0.717, 1.165) is 12.8 Å². The van der Waals surface area contributed by atoms with Crippen molar-refractivity contribution in [1.29, 1.82) is 0 Å². The van der Waals surface area contributed by atoms with E-state index < -0.39 is 0 Å². The maximum atomic E-state index is 12.8. The van der Waals surface area contributed by atoms with E-state index in [1.807, 2.05) is 0 Å². The van der Waals surface area contributed by atoms with E-state index in [1.165, 1.54) is 0 Å². The zero-order chi connectivity index (χ0) is 18.5. The lowest BCUT2D eigenvalue weighted by molar-refractivity contribution is 0.0703. The highest BCUT2D eigenvalue weighted by Gasteiger charge is 2.28. The Bertz CT molecular complexity index is 755. The summed E-state index contributed by atoms with van der Waals surface area (Å²) in [5.74, 6) is 1.58. The number of nitrogens with zero attached hydrogens (tertiary/aromatic N) is 4. The maximum Gasteiger partial charge on any atom is 0.276 e. The van der Waals surface area contributed by atoms with Crippen molar-refractivity contribution in [2.45, 2.75) is 32.4 Å². The lowest BCUT2D eigenvalue weighted by Gasteiger charge is -2.32. The lowest BCUT2D eigenvalue weighted by atomic mass is 10.0. The van der Waals surface area contributed by atoms with Gasteiger partial charge < -0.3 is 24.2 Å². The molecule has 26 heavy (non-hydrogen) atoms. The highest BCUT2D eigenvalue weighted by Crippen LogP contribution is 2.23. The third-order valence-electron chi connectivity index (χ3n) is 4.46. The van der Waals surface area contributed by atoms with Gasteiger partial charge in [0, 0.05) is 38.6 Å². The standard InChI is InChI=1S/C17H23N5O4/c1-11-13(10-24-2)14(21-26-11)17(23)22-8-4-12(5-9-22)20-15-16(25-3)19-7-6-18-15/h6-7,12H,4-5,8-10H2,1-3H3,(H,18,20). The van der Waals surface area contributed by atoms with Crippen LogP contribution in [0.15, 0.2) is 16.9 Å². The fourth-order valence-electron chi connectivity index (χ4n) is 3.02. The predicted molar refractivity (Wildman–Crippen MR) is 93.1 cm³/mol. The number of hydrogen-bond donors (Lipinski definition) is 1. The van der Waals surface area contributed by atoms with Gasteiger partial charge in [0.05, 0.1) is 19.3 Å². The molecule has 1 N–H and O–H groups in total. The lowest BCUT2D eigenvalue weighted by Crippen LogP contribution is -2.43. The van der Waals surface area contributed by atoms with E-state index in [9.17, 15) is 4.79 Å². The van der Waals surface area contributed by atoms with Crippen LogP contribution in [0.1, 0.15) is 34.7 Å². The highest BCUT2D eigenvalue weighted by molar-refractivity contribution is 5.93. The number of methoxy groups -OCH3 is 2. The average Bonchev–Trinajstić information content (AvgIpc) is 3.03. The van der Waals surface area contributed by atoms with Gasteiger partial charge in [0.15, 0.2) is 11.5 Å². The SMILES string of the molecule is COCc1c(C(=O)N2CCC(Nc3nccnc3OC)CC2)noc1C. The minimum absolute atomic E-state index is 0.121. The minimum atomic E-state index is -0.121. The third-order valence-corrected chi connectivity index (χ3v) is 4.46. The first-order valence-corrected chi connectivity index (χ1v) is 8.49. The van der Waals surface area contributed by atoms with Crippen LogP contribution in [0.3, 0.4) is 0 Å². The van der Waals surface area contributed by atoms with Gasteiger partial charge in [-0.25, -0.2) is 9.97 Å². The van der Waals surface area contributed by atoms with E-state index in [4.69, 9.17) is 14.0 Å². The van der Waals surface area contributed by atoms with Crippen LogP contribution in [-0.2, 0) is 11.3 Å². The number of carbonyl (C=O) groups is 1. The molecule has 3 heterocycles. The number of aromatic nitrogens is 3. The fraction of sp³-hybridized carbons (Fsp3) is 0.529. The number of ether oxygens (including phenoxy) is 2. The van der Waals surface area contributed by atoms with Crippen molar-refractivity contribution in [3.63, 3.8) is 0 Å². The zero-order valence-corrected chi connectivity index (χ0v) is 15.2. The number of hydrogen-bond acceptors (Lipinski definition) is 8. The van der Waals surface area contributed by atoms with Crippen LogP contribution < -0.4 is 10.1 Å². The molecule has 2 aromatic heterocycles. The van der Waals surface area contributed by atoms with Crippen LogP contribution in [0, 0.1) is 6.92 Å². The number of nitrogens with one attached hydrogen (secondary N) is 1. The van der Waals surface area contributed by atoms with Crippen molar-refractivity contribution in [3.05, 3.63) is 29.4 Å². The summed E-state index contributed by atoms with van der Waals surface area (Å²) in [6.07, 6.45) is 4.79. The van der Waals surface area contributed by atoms with E-state index in [-0.39, 0.29) is 11.9 Å². The largest absolute Gasteiger partial charge is 0.478 e. The first-order valence-electron chi connectivity index (χ1n) is 8.49. The summed E-state index contributed by atoms with van der Waals surface area (Å²) in [7, 11) is 3.15. The molecular formula is C17H23N5O4. The van der Waals surface area contributed by atoms with Crippen molar-refractivity contribution < 1.29 is 18.8 Å². The van der Waals surface area contributed by atoms with Crippen molar-refractivity contribution in [2.24, 2.45) is 0 Å². The average molecular weight is 361 g/mol. The molecule has 0 unspecified atom stereocenters. The minimum Gasteiger partial charge on any atom is -0.478 e. The first-order chi connectivity index (χ1) is 12.6. The van der Waals surface area contributed by atoms with Gasteiger partial charge in [-0.3, -0.25) is 4.79 Å². The molecule has 1 fully saturated rings. The Morgan fingerprint density at radius 2 is 2.04 bits per heavy atom. The normalized spacial score (nSPS) is 15.1. The Morgan fingerprint density at radius 1 is 1.31 bits per heavy atom. The molecule has 0 atom stereocenters. The number of amides is 1. The Labute approximate surface area is 151 Å². The van der Waals surface area contributed by atoms with Gasteiger partial charge in [0.25, 0.3) is 11.8 Å². The number of carbonyl (C=O) groups excluding carboxylic acids is 1. The summed E-state index contributed by atoms with van der Waals surface area (Å²) >= 11 is 0. The second kappa shape index (κ2) is 8.13. The van der Waals surface area contributed by atoms with Crippen LogP contribution in [0.5, 0.6) is 5.88 Å². The van der Waals surface area contributed by atoms with Crippen molar-refractivity contribution in [3.8, 4) is 5.88 Å². The Morgan fingerprint density at radius 3 is 2.73 bits per heavy atom. The van der Waals surface area contributed by atoms with Crippen LogP contribution in [0.25, 0.3) is 0 Å². The van der Waals surface area contributed by atoms with E-state index >= 15 is 0 Å². The summed E-state index contributed by atoms with van der Waals surface area (Å²) in [6.45, 7) is 3.33. The summed E-state index contributed by atoms with van der Waals surface area (Å²) in [4.78, 5) is 23.0. The molecule has 1 aliphatic heterocycles. The quantitative estimate of drug-likeness (QED) is 0.828. The highest BCUT2D eigenvalue weighted by atomic mass is 16.5. The second-order valence-electron chi connectivity index (χ2n) is 6.12. The Balaban J connectivity index is 1.61. The third kappa shape index (κ3) is 3.77. The molecule has 0 aromatic carbocycles. The molecule has 1 saturated heterocycles. The number of piperidine rings is 1. The van der Waals surface area contributed by atoms with Gasteiger partial charge in [0.1, 0.15) is 5.76 Å².